The maximum absolute atomic E-state index is 13.5. The number of halogens is 1. The van der Waals surface area contributed by atoms with Crippen LogP contribution in [0.2, 0.25) is 0 Å². The summed E-state index contributed by atoms with van der Waals surface area (Å²) in [5.74, 6) is 1.66. The second-order valence-electron chi connectivity index (χ2n) is 8.41. The number of ether oxygens (including phenoxy) is 1. The Morgan fingerprint density at radius 2 is 1.76 bits per heavy atom. The predicted molar refractivity (Wildman–Crippen MR) is 145 cm³/mol. The molecule has 0 saturated carbocycles. The zero-order chi connectivity index (χ0) is 25.9. The standard InChI is InChI=1S/C28H32FN7O/c1-3-36(4-2)14-15-37-25-10-8-24(9-11-25)34-28-33-19-26(22-17-30-20-31-18-22)27(35-28)32-13-12-21-6-5-7-23(29)16-21/h5-11,16-20H,3-4,12-15H2,1-2H3,(H2,32,33,34,35). The van der Waals surface area contributed by atoms with Crippen molar-refractivity contribution >= 4 is 17.5 Å². The summed E-state index contributed by atoms with van der Waals surface area (Å²) in [6.07, 6.45) is 7.30. The second kappa shape index (κ2) is 13.3. The molecule has 2 heterocycles. The third-order valence-corrected chi connectivity index (χ3v) is 5.94. The monoisotopic (exact) mass is 501 g/mol. The number of aromatic nitrogens is 4. The normalized spacial score (nSPS) is 10.9. The van der Waals surface area contributed by atoms with Crippen LogP contribution in [0.25, 0.3) is 11.1 Å². The Labute approximate surface area is 217 Å². The Hall–Kier alpha value is -4.11. The van der Waals surface area contributed by atoms with Crippen LogP contribution in [0.1, 0.15) is 19.4 Å². The van der Waals surface area contributed by atoms with Gasteiger partial charge in [0.05, 0.1) is 0 Å². The molecular formula is C28H32FN7O. The van der Waals surface area contributed by atoms with Gasteiger partial charge in [0.2, 0.25) is 5.95 Å². The van der Waals surface area contributed by atoms with Gasteiger partial charge in [0.1, 0.15) is 30.3 Å². The first-order valence-corrected chi connectivity index (χ1v) is 12.5. The van der Waals surface area contributed by atoms with Gasteiger partial charge in [-0.2, -0.15) is 4.98 Å². The molecule has 0 unspecified atom stereocenters. The maximum atomic E-state index is 13.5. The molecule has 0 saturated heterocycles. The van der Waals surface area contributed by atoms with E-state index in [1.54, 1.807) is 24.7 Å². The molecule has 0 aliphatic carbocycles. The van der Waals surface area contributed by atoms with Crippen LogP contribution in [0.5, 0.6) is 5.75 Å². The van der Waals surface area contributed by atoms with Crippen molar-refractivity contribution in [2.24, 2.45) is 0 Å². The fourth-order valence-corrected chi connectivity index (χ4v) is 3.84. The van der Waals surface area contributed by atoms with E-state index in [9.17, 15) is 4.39 Å². The maximum Gasteiger partial charge on any atom is 0.229 e. The van der Waals surface area contributed by atoms with E-state index < -0.39 is 0 Å². The van der Waals surface area contributed by atoms with Crippen molar-refractivity contribution in [2.45, 2.75) is 20.3 Å². The van der Waals surface area contributed by atoms with Gasteiger partial charge in [0.15, 0.2) is 0 Å². The molecule has 192 valence electrons. The van der Waals surface area contributed by atoms with Crippen molar-refractivity contribution in [3.63, 3.8) is 0 Å². The number of nitrogens with one attached hydrogen (secondary N) is 2. The zero-order valence-electron chi connectivity index (χ0n) is 21.2. The van der Waals surface area contributed by atoms with Gasteiger partial charge in [0.25, 0.3) is 0 Å². The number of rotatable bonds is 13. The van der Waals surface area contributed by atoms with E-state index >= 15 is 0 Å². The molecule has 0 amide bonds. The topological polar surface area (TPSA) is 88.1 Å². The zero-order valence-corrected chi connectivity index (χ0v) is 21.2. The minimum absolute atomic E-state index is 0.242. The molecule has 8 nitrogen and oxygen atoms in total. The number of hydrogen-bond acceptors (Lipinski definition) is 8. The van der Waals surface area contributed by atoms with Crippen molar-refractivity contribution in [3.8, 4) is 16.9 Å². The van der Waals surface area contributed by atoms with Gasteiger partial charge in [-0.15, -0.1) is 0 Å². The summed E-state index contributed by atoms with van der Waals surface area (Å²) in [5, 5.41) is 6.62. The van der Waals surface area contributed by atoms with Gasteiger partial charge in [-0.25, -0.2) is 19.3 Å². The molecule has 0 spiro atoms. The molecule has 0 fully saturated rings. The van der Waals surface area contributed by atoms with Gasteiger partial charge in [0, 0.05) is 48.5 Å². The summed E-state index contributed by atoms with van der Waals surface area (Å²) in [4.78, 5) is 19.7. The highest BCUT2D eigenvalue weighted by Gasteiger charge is 2.11. The highest BCUT2D eigenvalue weighted by Crippen LogP contribution is 2.27. The van der Waals surface area contributed by atoms with E-state index in [-0.39, 0.29) is 5.82 Å². The summed E-state index contributed by atoms with van der Waals surface area (Å²) >= 11 is 0. The molecule has 0 radical (unpaired) electrons. The molecule has 2 aromatic carbocycles. The van der Waals surface area contributed by atoms with Gasteiger partial charge in [-0.1, -0.05) is 26.0 Å². The van der Waals surface area contributed by atoms with Gasteiger partial charge in [-0.3, -0.25) is 0 Å². The van der Waals surface area contributed by atoms with E-state index in [1.807, 2.05) is 30.3 Å². The van der Waals surface area contributed by atoms with Crippen molar-refractivity contribution < 1.29 is 9.13 Å². The highest BCUT2D eigenvalue weighted by molar-refractivity contribution is 5.74. The summed E-state index contributed by atoms with van der Waals surface area (Å²) in [6.45, 7) is 8.44. The Bertz CT molecular complexity index is 1250. The van der Waals surface area contributed by atoms with Crippen LogP contribution in [0, 0.1) is 5.82 Å². The third-order valence-electron chi connectivity index (χ3n) is 5.94. The van der Waals surface area contributed by atoms with Gasteiger partial charge >= 0.3 is 0 Å². The van der Waals surface area contributed by atoms with E-state index in [2.05, 4.69) is 44.3 Å². The Morgan fingerprint density at radius 1 is 0.973 bits per heavy atom. The predicted octanol–water partition coefficient (Wildman–Crippen LogP) is 5.19. The number of benzene rings is 2. The molecule has 9 heteroatoms. The fraction of sp³-hybridized carbons (Fsp3) is 0.286. The van der Waals surface area contributed by atoms with Crippen LogP contribution >= 0.6 is 0 Å². The smallest absolute Gasteiger partial charge is 0.229 e. The molecule has 0 aliphatic heterocycles. The molecule has 2 N–H and O–H groups in total. The van der Waals surface area contributed by atoms with E-state index in [0.717, 1.165) is 47.8 Å². The summed E-state index contributed by atoms with van der Waals surface area (Å²) in [5.41, 5.74) is 3.33. The minimum Gasteiger partial charge on any atom is -0.492 e. The van der Waals surface area contributed by atoms with Crippen molar-refractivity contribution in [1.29, 1.82) is 0 Å². The largest absolute Gasteiger partial charge is 0.492 e. The van der Waals surface area contributed by atoms with Crippen LogP contribution in [-0.2, 0) is 6.42 Å². The van der Waals surface area contributed by atoms with Crippen LogP contribution in [-0.4, -0.2) is 57.6 Å². The first-order valence-electron chi connectivity index (χ1n) is 12.5. The molecule has 2 aromatic heterocycles. The highest BCUT2D eigenvalue weighted by atomic mass is 19.1. The van der Waals surface area contributed by atoms with Crippen molar-refractivity contribution in [2.75, 3.05) is 43.4 Å². The Morgan fingerprint density at radius 3 is 2.49 bits per heavy atom. The SMILES string of the molecule is CCN(CC)CCOc1ccc(Nc2ncc(-c3cncnc3)c(NCCc3cccc(F)c3)n2)cc1. The molecule has 4 rings (SSSR count). The molecule has 0 bridgehead atoms. The quantitative estimate of drug-likeness (QED) is 0.259. The Kier molecular flexibility index (Phi) is 9.31. The molecule has 37 heavy (non-hydrogen) atoms. The van der Waals surface area contributed by atoms with Crippen LogP contribution in [0.3, 0.4) is 0 Å². The van der Waals surface area contributed by atoms with Gasteiger partial charge in [-0.05, 0) is 61.5 Å². The number of anilines is 3. The Balaban J connectivity index is 1.43. The lowest BCUT2D eigenvalue weighted by atomic mass is 10.1. The first kappa shape index (κ1) is 26.0. The van der Waals surface area contributed by atoms with Crippen LogP contribution in [0.15, 0.2) is 73.4 Å². The second-order valence-corrected chi connectivity index (χ2v) is 8.41. The lowest BCUT2D eigenvalue weighted by Crippen LogP contribution is -2.27. The lowest BCUT2D eigenvalue weighted by Gasteiger charge is -2.18. The third kappa shape index (κ3) is 7.68. The minimum atomic E-state index is -0.242. The van der Waals surface area contributed by atoms with E-state index in [1.165, 1.54) is 18.5 Å². The fourth-order valence-electron chi connectivity index (χ4n) is 3.84. The van der Waals surface area contributed by atoms with Crippen molar-refractivity contribution in [3.05, 3.63) is 84.8 Å². The molecule has 0 atom stereocenters. The van der Waals surface area contributed by atoms with Crippen LogP contribution < -0.4 is 15.4 Å². The molecular weight excluding hydrogens is 469 g/mol. The number of hydrogen-bond donors (Lipinski definition) is 2. The number of likely N-dealkylation sites (N-methyl/N-ethyl adjacent to an activating group) is 1. The van der Waals surface area contributed by atoms with E-state index in [0.29, 0.717) is 31.3 Å². The molecule has 0 aliphatic rings. The van der Waals surface area contributed by atoms with Crippen LogP contribution in [0.4, 0.5) is 21.8 Å². The first-order chi connectivity index (χ1) is 18.1. The summed E-state index contributed by atoms with van der Waals surface area (Å²) in [6, 6.07) is 14.3. The van der Waals surface area contributed by atoms with Gasteiger partial charge < -0.3 is 20.3 Å². The van der Waals surface area contributed by atoms with E-state index in [4.69, 9.17) is 9.72 Å². The lowest BCUT2D eigenvalue weighted by molar-refractivity contribution is 0.223. The summed E-state index contributed by atoms with van der Waals surface area (Å²) < 4.78 is 19.4. The average Bonchev–Trinajstić information content (AvgIpc) is 2.93. The number of nitrogens with zero attached hydrogens (tertiary/aromatic N) is 5. The average molecular weight is 502 g/mol. The summed E-state index contributed by atoms with van der Waals surface area (Å²) in [7, 11) is 0. The van der Waals surface area contributed by atoms with Crippen molar-refractivity contribution in [1.82, 2.24) is 24.8 Å². The molecule has 4 aromatic rings.